The van der Waals surface area contributed by atoms with E-state index in [1.165, 1.54) is 0 Å². The Morgan fingerprint density at radius 2 is 1.79 bits per heavy atom. The number of fused-ring (bicyclic) bond motifs is 1. The number of benzene rings is 1. The zero-order valence-corrected chi connectivity index (χ0v) is 25.7. The first-order valence-electron chi connectivity index (χ1n) is 13.8. The summed E-state index contributed by atoms with van der Waals surface area (Å²) in [5, 5.41) is 0. The van der Waals surface area contributed by atoms with Crippen molar-refractivity contribution in [3.05, 3.63) is 47.3 Å². The van der Waals surface area contributed by atoms with E-state index in [0.717, 1.165) is 46.0 Å². The fourth-order valence-corrected chi connectivity index (χ4v) is 5.50. The average molecular weight is 554 g/mol. The van der Waals surface area contributed by atoms with Gasteiger partial charge in [0.15, 0.2) is 11.4 Å². The third-order valence-corrected chi connectivity index (χ3v) is 8.44. The Hall–Kier alpha value is -2.59. The Balaban J connectivity index is 1.73. The standard InChI is InChI=1S/C30H43N3O5Si/c1-9-24-26-28(31-19-23(32-26)18-25(34)38-29(2,3)4)33(20-35-16-17-39(6,7)8)27(24)21-10-12-22(13-11-21)30(5)36-14-15-37-30/h10-13,19H,9,14-18,20H2,1-8H3. The molecule has 0 unspecified atom stereocenters. The smallest absolute Gasteiger partial charge is 0.312 e. The summed E-state index contributed by atoms with van der Waals surface area (Å²) in [4.78, 5) is 22.2. The van der Waals surface area contributed by atoms with Gasteiger partial charge in [-0.3, -0.25) is 9.36 Å². The summed E-state index contributed by atoms with van der Waals surface area (Å²) in [6.07, 6.45) is 2.50. The first-order chi connectivity index (χ1) is 18.3. The lowest BCUT2D eigenvalue weighted by Crippen LogP contribution is -2.25. The first kappa shape index (κ1) is 29.4. The zero-order valence-electron chi connectivity index (χ0n) is 24.7. The summed E-state index contributed by atoms with van der Waals surface area (Å²) in [6, 6.07) is 9.39. The molecule has 9 heteroatoms. The van der Waals surface area contributed by atoms with Crippen molar-refractivity contribution in [1.82, 2.24) is 14.5 Å². The minimum atomic E-state index is -1.22. The second-order valence-corrected chi connectivity index (χ2v) is 18.1. The Kier molecular flexibility index (Phi) is 8.66. The Bertz CT molecular complexity index is 1300. The van der Waals surface area contributed by atoms with E-state index < -0.39 is 19.5 Å². The molecule has 8 nitrogen and oxygen atoms in total. The van der Waals surface area contributed by atoms with Crippen LogP contribution in [0.25, 0.3) is 22.4 Å². The van der Waals surface area contributed by atoms with Crippen molar-refractivity contribution < 1.29 is 23.7 Å². The molecule has 212 valence electrons. The molecule has 1 aliphatic heterocycles. The quantitative estimate of drug-likeness (QED) is 0.171. The predicted octanol–water partition coefficient (Wildman–Crippen LogP) is 6.08. The molecule has 0 N–H and O–H groups in total. The van der Waals surface area contributed by atoms with E-state index in [0.29, 0.717) is 32.2 Å². The molecule has 1 aromatic carbocycles. The molecule has 0 saturated carbocycles. The molecule has 1 fully saturated rings. The van der Waals surface area contributed by atoms with E-state index in [1.807, 2.05) is 27.7 Å². The van der Waals surface area contributed by atoms with Crippen LogP contribution >= 0.6 is 0 Å². The van der Waals surface area contributed by atoms with Gasteiger partial charge < -0.3 is 18.9 Å². The second kappa shape index (κ2) is 11.5. The van der Waals surface area contributed by atoms with Crippen molar-refractivity contribution in [2.75, 3.05) is 19.8 Å². The number of aromatic nitrogens is 3. The van der Waals surface area contributed by atoms with E-state index in [1.54, 1.807) is 6.20 Å². The topological polar surface area (TPSA) is 84.7 Å². The number of hydrogen-bond acceptors (Lipinski definition) is 7. The van der Waals surface area contributed by atoms with Crippen LogP contribution in [-0.2, 0) is 49.1 Å². The highest BCUT2D eigenvalue weighted by Gasteiger charge is 2.33. The molecule has 0 spiro atoms. The minimum absolute atomic E-state index is 0.0733. The molecule has 1 aliphatic rings. The SMILES string of the molecule is CCc1c(-c2ccc(C3(C)OCCO3)cc2)n(COCC[Si](C)(C)C)c2ncc(CC(=O)OC(C)(C)C)nc12. The molecule has 0 amide bonds. The third kappa shape index (κ3) is 7.14. The summed E-state index contributed by atoms with van der Waals surface area (Å²) in [6.45, 7) is 18.9. The number of esters is 1. The molecule has 0 bridgehead atoms. The highest BCUT2D eigenvalue weighted by molar-refractivity contribution is 6.76. The maximum absolute atomic E-state index is 12.5. The fraction of sp³-hybridized carbons (Fsp3) is 0.567. The number of hydrogen-bond donors (Lipinski definition) is 0. The number of carbonyl (C=O) groups is 1. The summed E-state index contributed by atoms with van der Waals surface area (Å²) in [5.41, 5.74) is 5.71. The fourth-order valence-electron chi connectivity index (χ4n) is 4.75. The van der Waals surface area contributed by atoms with Gasteiger partial charge in [-0.05, 0) is 45.7 Å². The molecular formula is C30H43N3O5Si. The van der Waals surface area contributed by atoms with Gasteiger partial charge in [-0.2, -0.15) is 0 Å². The van der Waals surface area contributed by atoms with Crippen molar-refractivity contribution in [2.45, 2.75) is 91.3 Å². The number of ether oxygens (including phenoxy) is 4. The summed E-state index contributed by atoms with van der Waals surface area (Å²) in [7, 11) is -1.22. The second-order valence-electron chi connectivity index (χ2n) is 12.5. The lowest BCUT2D eigenvalue weighted by atomic mass is 10.0. The molecule has 1 saturated heterocycles. The van der Waals surface area contributed by atoms with Gasteiger partial charge in [-0.25, -0.2) is 9.97 Å². The molecule has 0 atom stereocenters. The molecule has 39 heavy (non-hydrogen) atoms. The number of rotatable bonds is 10. The number of aryl methyl sites for hydroxylation is 1. The van der Waals surface area contributed by atoms with Crippen molar-refractivity contribution >= 4 is 25.2 Å². The van der Waals surface area contributed by atoms with Crippen molar-refractivity contribution in [3.63, 3.8) is 0 Å². The Labute approximate surface area is 233 Å². The number of carbonyl (C=O) groups excluding carboxylic acids is 1. The molecule has 3 aromatic rings. The highest BCUT2D eigenvalue weighted by Crippen LogP contribution is 2.36. The van der Waals surface area contributed by atoms with Gasteiger partial charge in [0.05, 0.1) is 37.2 Å². The molecule has 0 radical (unpaired) electrons. The van der Waals surface area contributed by atoms with Gasteiger partial charge in [0.25, 0.3) is 0 Å². The van der Waals surface area contributed by atoms with Crippen LogP contribution in [0.15, 0.2) is 30.5 Å². The highest BCUT2D eigenvalue weighted by atomic mass is 28.3. The van der Waals surface area contributed by atoms with Crippen LogP contribution < -0.4 is 0 Å². The molecule has 4 rings (SSSR count). The van der Waals surface area contributed by atoms with Gasteiger partial charge in [-0.15, -0.1) is 0 Å². The van der Waals surface area contributed by atoms with Gasteiger partial charge in [0.2, 0.25) is 0 Å². The molecule has 3 heterocycles. The van der Waals surface area contributed by atoms with Crippen molar-refractivity contribution in [2.24, 2.45) is 0 Å². The van der Waals surface area contributed by atoms with E-state index in [9.17, 15) is 4.79 Å². The van der Waals surface area contributed by atoms with Crippen LogP contribution in [0.4, 0.5) is 0 Å². The molecule has 2 aromatic heterocycles. The van der Waals surface area contributed by atoms with Gasteiger partial charge in [0.1, 0.15) is 17.8 Å². The van der Waals surface area contributed by atoms with Gasteiger partial charge in [0, 0.05) is 25.8 Å². The maximum atomic E-state index is 12.5. The largest absolute Gasteiger partial charge is 0.460 e. The number of nitrogens with zero attached hydrogens (tertiary/aromatic N) is 3. The van der Waals surface area contributed by atoms with Crippen LogP contribution in [-0.4, -0.2) is 54.0 Å². The summed E-state index contributed by atoms with van der Waals surface area (Å²) >= 11 is 0. The zero-order chi connectivity index (χ0) is 28.4. The lowest BCUT2D eigenvalue weighted by Gasteiger charge is -2.23. The molecule has 0 aliphatic carbocycles. The maximum Gasteiger partial charge on any atom is 0.312 e. The monoisotopic (exact) mass is 553 g/mol. The van der Waals surface area contributed by atoms with Gasteiger partial charge >= 0.3 is 5.97 Å². The van der Waals surface area contributed by atoms with Crippen molar-refractivity contribution in [3.8, 4) is 11.3 Å². The van der Waals surface area contributed by atoms with Crippen LogP contribution in [0.5, 0.6) is 0 Å². The first-order valence-corrected chi connectivity index (χ1v) is 17.6. The predicted molar refractivity (Wildman–Crippen MR) is 155 cm³/mol. The van der Waals surface area contributed by atoms with E-state index in [2.05, 4.69) is 55.4 Å². The Morgan fingerprint density at radius 1 is 1.13 bits per heavy atom. The Morgan fingerprint density at radius 3 is 2.38 bits per heavy atom. The van der Waals surface area contributed by atoms with E-state index in [-0.39, 0.29) is 12.4 Å². The normalized spacial score (nSPS) is 15.7. The minimum Gasteiger partial charge on any atom is -0.460 e. The summed E-state index contributed by atoms with van der Waals surface area (Å²) < 4.78 is 25.5. The van der Waals surface area contributed by atoms with Crippen LogP contribution in [0.2, 0.25) is 25.7 Å². The third-order valence-electron chi connectivity index (χ3n) is 6.74. The molecular weight excluding hydrogens is 510 g/mol. The van der Waals surface area contributed by atoms with E-state index >= 15 is 0 Å². The van der Waals surface area contributed by atoms with E-state index in [4.69, 9.17) is 28.9 Å². The van der Waals surface area contributed by atoms with Crippen molar-refractivity contribution in [1.29, 1.82) is 0 Å². The summed E-state index contributed by atoms with van der Waals surface area (Å²) in [5.74, 6) is -1.04. The average Bonchev–Trinajstić information content (AvgIpc) is 3.42. The van der Waals surface area contributed by atoms with Crippen LogP contribution in [0, 0.1) is 0 Å². The lowest BCUT2D eigenvalue weighted by molar-refractivity contribution is -0.154. The van der Waals surface area contributed by atoms with Crippen LogP contribution in [0.3, 0.4) is 0 Å². The van der Waals surface area contributed by atoms with Crippen LogP contribution in [0.1, 0.15) is 51.4 Å². The van der Waals surface area contributed by atoms with Gasteiger partial charge in [-0.1, -0.05) is 50.8 Å².